The Morgan fingerprint density at radius 3 is 2.77 bits per heavy atom. The van der Waals surface area contributed by atoms with Gasteiger partial charge in [0.15, 0.2) is 0 Å². The summed E-state index contributed by atoms with van der Waals surface area (Å²) in [5.74, 6) is -0.863. The maximum absolute atomic E-state index is 11.8. The van der Waals surface area contributed by atoms with Crippen LogP contribution in [0.15, 0.2) is 30.9 Å². The zero-order valence-corrected chi connectivity index (χ0v) is 15.2. The molecule has 0 aliphatic carbocycles. The second kappa shape index (κ2) is 7.46. The number of hydrogen-bond acceptors (Lipinski definition) is 6. The molecule has 1 aliphatic heterocycles. The first-order valence-electron chi connectivity index (χ1n) is 8.27. The van der Waals surface area contributed by atoms with Crippen LogP contribution in [-0.4, -0.2) is 58.1 Å². The highest BCUT2D eigenvalue weighted by Gasteiger charge is 2.26. The summed E-state index contributed by atoms with van der Waals surface area (Å²) >= 11 is 0. The number of rotatable bonds is 5. The molecule has 1 saturated heterocycles. The van der Waals surface area contributed by atoms with Crippen molar-refractivity contribution >= 4 is 16.0 Å². The molecule has 0 aromatic carbocycles. The van der Waals surface area contributed by atoms with Crippen LogP contribution in [0, 0.1) is 5.92 Å². The summed E-state index contributed by atoms with van der Waals surface area (Å²) in [5, 5.41) is 9.09. The van der Waals surface area contributed by atoms with E-state index in [1.165, 1.54) is 22.8 Å². The zero-order chi connectivity index (χ0) is 18.7. The van der Waals surface area contributed by atoms with Crippen molar-refractivity contribution < 1.29 is 18.3 Å². The molecule has 8 nitrogen and oxygen atoms in total. The molecule has 2 aromatic rings. The molecule has 3 rings (SSSR count). The van der Waals surface area contributed by atoms with Crippen molar-refractivity contribution in [3.63, 3.8) is 0 Å². The molecule has 1 N–H and O–H groups in total. The van der Waals surface area contributed by atoms with Crippen LogP contribution >= 0.6 is 0 Å². The summed E-state index contributed by atoms with van der Waals surface area (Å²) in [6.45, 7) is 1.05. The first-order valence-corrected chi connectivity index (χ1v) is 10.1. The maximum atomic E-state index is 11.8. The van der Waals surface area contributed by atoms with Crippen LogP contribution in [0.2, 0.25) is 0 Å². The van der Waals surface area contributed by atoms with Gasteiger partial charge in [-0.05, 0) is 31.2 Å². The van der Waals surface area contributed by atoms with Gasteiger partial charge in [0.1, 0.15) is 0 Å². The summed E-state index contributed by atoms with van der Waals surface area (Å²) in [6.07, 6.45) is 9.69. The van der Waals surface area contributed by atoms with E-state index in [1.54, 1.807) is 18.6 Å². The van der Waals surface area contributed by atoms with E-state index in [0.717, 1.165) is 18.5 Å². The standard InChI is InChI=1S/C17H20N4O4S/c1-26(24,25)21-4-2-3-12(11-21)5-15-9-19-10-16(20-15)13-6-14(17(22)23)8-18-7-13/h6-10,12H,2-5,11H2,1H3,(H,22,23)/t12-/m0/s1. The number of pyridine rings is 1. The van der Waals surface area contributed by atoms with Gasteiger partial charge in [-0.3, -0.25) is 9.97 Å². The Morgan fingerprint density at radius 2 is 2.04 bits per heavy atom. The number of sulfonamides is 1. The molecule has 2 aromatic heterocycles. The lowest BCUT2D eigenvalue weighted by molar-refractivity contribution is 0.0696. The van der Waals surface area contributed by atoms with Crippen LogP contribution < -0.4 is 0 Å². The highest BCUT2D eigenvalue weighted by Crippen LogP contribution is 2.23. The van der Waals surface area contributed by atoms with Crippen molar-refractivity contribution in [2.45, 2.75) is 19.3 Å². The van der Waals surface area contributed by atoms with E-state index in [9.17, 15) is 13.2 Å². The second-order valence-electron chi connectivity index (χ2n) is 6.50. The van der Waals surface area contributed by atoms with Crippen molar-refractivity contribution in [2.24, 2.45) is 5.92 Å². The highest BCUT2D eigenvalue weighted by molar-refractivity contribution is 7.88. The predicted octanol–water partition coefficient (Wildman–Crippen LogP) is 1.45. The number of aromatic carboxylic acids is 1. The molecule has 0 bridgehead atoms. The molecule has 0 unspecified atom stereocenters. The van der Waals surface area contributed by atoms with Crippen molar-refractivity contribution in [3.05, 3.63) is 42.1 Å². The summed E-state index contributed by atoms with van der Waals surface area (Å²) < 4.78 is 25.0. The third-order valence-corrected chi connectivity index (χ3v) is 5.68. The fourth-order valence-corrected chi connectivity index (χ4v) is 4.07. The van der Waals surface area contributed by atoms with Crippen LogP contribution in [-0.2, 0) is 16.4 Å². The average Bonchev–Trinajstić information content (AvgIpc) is 2.61. The van der Waals surface area contributed by atoms with Crippen molar-refractivity contribution in [1.82, 2.24) is 19.3 Å². The SMILES string of the molecule is CS(=O)(=O)N1CCC[C@@H](Cc2cncc(-c3cncc(C(=O)O)c3)n2)C1. The van der Waals surface area contributed by atoms with Gasteiger partial charge in [-0.15, -0.1) is 0 Å². The van der Waals surface area contributed by atoms with Gasteiger partial charge >= 0.3 is 5.97 Å². The molecular formula is C17H20N4O4S. The molecule has 0 spiro atoms. The molecule has 1 fully saturated rings. The molecule has 138 valence electrons. The lowest BCUT2D eigenvalue weighted by Gasteiger charge is -2.30. The van der Waals surface area contributed by atoms with Crippen LogP contribution in [0.5, 0.6) is 0 Å². The van der Waals surface area contributed by atoms with Gasteiger partial charge in [0.25, 0.3) is 0 Å². The molecule has 1 atom stereocenters. The summed E-state index contributed by atoms with van der Waals surface area (Å²) in [4.78, 5) is 23.8. The minimum Gasteiger partial charge on any atom is -0.478 e. The Kier molecular flexibility index (Phi) is 5.28. The zero-order valence-electron chi connectivity index (χ0n) is 14.4. The van der Waals surface area contributed by atoms with E-state index >= 15 is 0 Å². The predicted molar refractivity (Wildman–Crippen MR) is 95.1 cm³/mol. The number of carboxylic acids is 1. The molecule has 26 heavy (non-hydrogen) atoms. The number of piperidine rings is 1. The molecule has 0 saturated carbocycles. The van der Waals surface area contributed by atoms with Gasteiger partial charge in [0.05, 0.1) is 29.4 Å². The molecule has 1 aliphatic rings. The van der Waals surface area contributed by atoms with Crippen LogP contribution in [0.4, 0.5) is 0 Å². The third kappa shape index (κ3) is 4.41. The molecule has 0 radical (unpaired) electrons. The molecule has 0 amide bonds. The Morgan fingerprint density at radius 1 is 1.27 bits per heavy atom. The van der Waals surface area contributed by atoms with Crippen molar-refractivity contribution in [1.29, 1.82) is 0 Å². The van der Waals surface area contributed by atoms with Crippen LogP contribution in [0.25, 0.3) is 11.3 Å². The minimum atomic E-state index is -3.18. The quantitative estimate of drug-likeness (QED) is 0.840. The average molecular weight is 376 g/mol. The van der Waals surface area contributed by atoms with E-state index in [-0.39, 0.29) is 11.5 Å². The lowest BCUT2D eigenvalue weighted by Crippen LogP contribution is -2.39. The van der Waals surface area contributed by atoms with Gasteiger partial charge in [-0.25, -0.2) is 22.5 Å². The van der Waals surface area contributed by atoms with Crippen LogP contribution in [0.1, 0.15) is 28.9 Å². The van der Waals surface area contributed by atoms with E-state index < -0.39 is 16.0 Å². The highest BCUT2D eigenvalue weighted by atomic mass is 32.2. The van der Waals surface area contributed by atoms with Gasteiger partial charge in [-0.1, -0.05) is 0 Å². The molecule has 9 heteroatoms. The third-order valence-electron chi connectivity index (χ3n) is 4.41. The number of aromatic nitrogens is 3. The van der Waals surface area contributed by atoms with Crippen molar-refractivity contribution in [2.75, 3.05) is 19.3 Å². The van der Waals surface area contributed by atoms with Gasteiger partial charge < -0.3 is 5.11 Å². The minimum absolute atomic E-state index is 0.0887. The van der Waals surface area contributed by atoms with Gasteiger partial charge in [-0.2, -0.15) is 0 Å². The van der Waals surface area contributed by atoms with Gasteiger partial charge in [0, 0.05) is 37.2 Å². The normalized spacial score (nSPS) is 18.6. The van der Waals surface area contributed by atoms with E-state index in [0.29, 0.717) is 30.8 Å². The summed E-state index contributed by atoms with van der Waals surface area (Å²) in [6, 6.07) is 1.51. The largest absolute Gasteiger partial charge is 0.478 e. The second-order valence-corrected chi connectivity index (χ2v) is 8.48. The fraction of sp³-hybridized carbons (Fsp3) is 0.412. The van der Waals surface area contributed by atoms with Crippen LogP contribution in [0.3, 0.4) is 0 Å². The fourth-order valence-electron chi connectivity index (χ4n) is 3.13. The Balaban J connectivity index is 1.77. The lowest BCUT2D eigenvalue weighted by atomic mass is 9.95. The smallest absolute Gasteiger partial charge is 0.337 e. The number of nitrogens with zero attached hydrogens (tertiary/aromatic N) is 4. The van der Waals surface area contributed by atoms with E-state index in [1.807, 2.05) is 0 Å². The van der Waals surface area contributed by atoms with E-state index in [4.69, 9.17) is 5.11 Å². The first-order chi connectivity index (χ1) is 12.3. The Labute approximate surface area is 152 Å². The molecule has 3 heterocycles. The molecular weight excluding hydrogens is 356 g/mol. The van der Waals surface area contributed by atoms with Crippen molar-refractivity contribution in [3.8, 4) is 11.3 Å². The Hall–Kier alpha value is -2.39. The Bertz CT molecular complexity index is 916. The first kappa shape index (κ1) is 18.4. The number of carbonyl (C=O) groups is 1. The topological polar surface area (TPSA) is 113 Å². The summed E-state index contributed by atoms with van der Waals surface area (Å²) in [5.41, 5.74) is 1.98. The number of carboxylic acid groups (broad SMARTS) is 1. The number of hydrogen-bond donors (Lipinski definition) is 1. The maximum Gasteiger partial charge on any atom is 0.337 e. The summed E-state index contributed by atoms with van der Waals surface area (Å²) in [7, 11) is -3.18. The van der Waals surface area contributed by atoms with Gasteiger partial charge in [0.2, 0.25) is 10.0 Å². The van der Waals surface area contributed by atoms with E-state index in [2.05, 4.69) is 15.0 Å². The monoisotopic (exact) mass is 376 g/mol.